The topological polar surface area (TPSA) is 42.9 Å². The number of nitrogens with zero attached hydrogens (tertiary/aromatic N) is 2. The molecule has 1 aromatic heterocycles. The van der Waals surface area contributed by atoms with E-state index < -0.39 is 0 Å². The average molecular weight is 247 g/mol. The van der Waals surface area contributed by atoms with Crippen LogP contribution in [-0.4, -0.2) is 22.5 Å². The number of hydrogen-bond donors (Lipinski definition) is 0. The monoisotopic (exact) mass is 246 g/mol. The highest BCUT2D eigenvalue weighted by atomic mass is 79.9. The van der Waals surface area contributed by atoms with Gasteiger partial charge in [0.1, 0.15) is 11.1 Å². The van der Waals surface area contributed by atoms with Crippen LogP contribution in [0.4, 0.5) is 0 Å². The number of aromatic nitrogens is 2. The lowest BCUT2D eigenvalue weighted by Crippen LogP contribution is -1.97. The molecule has 0 saturated heterocycles. The quantitative estimate of drug-likeness (QED) is 0.353. The van der Waals surface area contributed by atoms with Gasteiger partial charge in [0, 0.05) is 6.20 Å². The number of carbonyl (C=O) groups is 1. The van der Waals surface area contributed by atoms with Crippen molar-refractivity contribution in [2.75, 3.05) is 6.26 Å². The molecule has 64 valence electrons. The lowest BCUT2D eigenvalue weighted by molar-refractivity contribution is -0.107. The Kier molecular flexibility index (Phi) is 3.68. The summed E-state index contributed by atoms with van der Waals surface area (Å²) >= 11 is 4.63. The van der Waals surface area contributed by atoms with Crippen LogP contribution in [0.2, 0.25) is 0 Å². The number of rotatable bonds is 3. The molecule has 0 aliphatic rings. The molecule has 0 amide bonds. The summed E-state index contributed by atoms with van der Waals surface area (Å²) in [5.41, 5.74) is 0.698. The summed E-state index contributed by atoms with van der Waals surface area (Å²) in [5.74, 6) is 0. The Balaban J connectivity index is 2.93. The van der Waals surface area contributed by atoms with Crippen molar-refractivity contribution in [1.29, 1.82) is 0 Å². The van der Waals surface area contributed by atoms with E-state index in [2.05, 4.69) is 25.9 Å². The van der Waals surface area contributed by atoms with Crippen molar-refractivity contribution < 1.29 is 4.79 Å². The highest BCUT2D eigenvalue weighted by Gasteiger charge is 2.07. The molecule has 0 saturated carbocycles. The number of thioether (sulfide) groups is 1. The van der Waals surface area contributed by atoms with Crippen LogP contribution in [0.5, 0.6) is 0 Å². The second kappa shape index (κ2) is 4.57. The Morgan fingerprint density at radius 2 is 2.50 bits per heavy atom. The van der Waals surface area contributed by atoms with Gasteiger partial charge in [-0.3, -0.25) is 0 Å². The standard InChI is InChI=1S/C7H7BrN2OS/c1-12-7-9-3-2-6(10-7)5(8)4-11/h2-5H,1H3. The van der Waals surface area contributed by atoms with Gasteiger partial charge in [-0.05, 0) is 12.3 Å². The van der Waals surface area contributed by atoms with E-state index in [-0.39, 0.29) is 4.83 Å². The van der Waals surface area contributed by atoms with E-state index in [4.69, 9.17) is 0 Å². The second-order valence-corrected chi connectivity index (χ2v) is 3.77. The molecule has 1 unspecified atom stereocenters. The van der Waals surface area contributed by atoms with Crippen molar-refractivity contribution in [3.8, 4) is 0 Å². The first-order valence-electron chi connectivity index (χ1n) is 3.24. The third-order valence-electron chi connectivity index (χ3n) is 1.24. The molecule has 5 heteroatoms. The second-order valence-electron chi connectivity index (χ2n) is 2.01. The smallest absolute Gasteiger partial charge is 0.187 e. The number of alkyl halides is 1. The zero-order chi connectivity index (χ0) is 8.97. The van der Waals surface area contributed by atoms with Crippen molar-refractivity contribution in [3.05, 3.63) is 18.0 Å². The van der Waals surface area contributed by atoms with Gasteiger partial charge in [-0.1, -0.05) is 27.7 Å². The van der Waals surface area contributed by atoms with Crippen LogP contribution >= 0.6 is 27.7 Å². The normalized spacial score (nSPS) is 12.5. The summed E-state index contributed by atoms with van der Waals surface area (Å²) in [7, 11) is 0. The third-order valence-corrected chi connectivity index (χ3v) is 2.49. The molecule has 0 aliphatic carbocycles. The van der Waals surface area contributed by atoms with Gasteiger partial charge in [-0.25, -0.2) is 9.97 Å². The van der Waals surface area contributed by atoms with Gasteiger partial charge in [0.15, 0.2) is 5.16 Å². The fourth-order valence-corrected chi connectivity index (χ4v) is 1.29. The first-order chi connectivity index (χ1) is 5.77. The molecule has 0 aromatic carbocycles. The van der Waals surface area contributed by atoms with Gasteiger partial charge in [0.05, 0.1) is 5.69 Å². The average Bonchev–Trinajstić information content (AvgIpc) is 2.17. The van der Waals surface area contributed by atoms with Crippen molar-refractivity contribution in [2.45, 2.75) is 9.98 Å². The highest BCUT2D eigenvalue weighted by molar-refractivity contribution is 9.09. The predicted octanol–water partition coefficient (Wildman–Crippen LogP) is 1.83. The van der Waals surface area contributed by atoms with Crippen LogP contribution in [0.1, 0.15) is 10.5 Å². The molecule has 0 spiro atoms. The maximum Gasteiger partial charge on any atom is 0.187 e. The third kappa shape index (κ3) is 2.28. The van der Waals surface area contributed by atoms with Gasteiger partial charge in [-0.2, -0.15) is 0 Å². The van der Waals surface area contributed by atoms with Crippen LogP contribution < -0.4 is 0 Å². The minimum absolute atomic E-state index is 0.327. The number of aldehydes is 1. The van der Waals surface area contributed by atoms with Gasteiger partial charge in [0.25, 0.3) is 0 Å². The molecule has 3 nitrogen and oxygen atoms in total. The molecular weight excluding hydrogens is 240 g/mol. The van der Waals surface area contributed by atoms with Crippen LogP contribution in [0.15, 0.2) is 17.4 Å². The zero-order valence-corrected chi connectivity index (χ0v) is 8.80. The van der Waals surface area contributed by atoms with Crippen molar-refractivity contribution in [1.82, 2.24) is 9.97 Å². The molecule has 1 rings (SSSR count). The van der Waals surface area contributed by atoms with E-state index in [1.165, 1.54) is 11.8 Å². The zero-order valence-electron chi connectivity index (χ0n) is 6.40. The van der Waals surface area contributed by atoms with Crippen molar-refractivity contribution >= 4 is 34.0 Å². The van der Waals surface area contributed by atoms with Crippen molar-refractivity contribution in [3.63, 3.8) is 0 Å². The van der Waals surface area contributed by atoms with E-state index in [0.29, 0.717) is 10.9 Å². The highest BCUT2D eigenvalue weighted by Crippen LogP contribution is 2.19. The first-order valence-corrected chi connectivity index (χ1v) is 5.38. The van der Waals surface area contributed by atoms with Gasteiger partial charge in [0.2, 0.25) is 0 Å². The summed E-state index contributed by atoms with van der Waals surface area (Å²) in [6.07, 6.45) is 4.33. The van der Waals surface area contributed by atoms with Gasteiger partial charge in [-0.15, -0.1) is 0 Å². The molecule has 0 radical (unpaired) electrons. The number of halogens is 1. The first kappa shape index (κ1) is 9.67. The maximum absolute atomic E-state index is 10.4. The Morgan fingerprint density at radius 3 is 3.08 bits per heavy atom. The molecule has 0 bridgehead atoms. The van der Waals surface area contributed by atoms with E-state index in [1.807, 2.05) is 6.26 Å². The van der Waals surface area contributed by atoms with Gasteiger partial charge < -0.3 is 4.79 Å². The predicted molar refractivity (Wildman–Crippen MR) is 51.5 cm³/mol. The molecule has 12 heavy (non-hydrogen) atoms. The number of hydrogen-bond acceptors (Lipinski definition) is 4. The summed E-state index contributed by atoms with van der Waals surface area (Å²) in [5, 5.41) is 0.679. The summed E-state index contributed by atoms with van der Waals surface area (Å²) in [6, 6.07) is 1.72. The van der Waals surface area contributed by atoms with Crippen LogP contribution in [0.3, 0.4) is 0 Å². The molecule has 1 aromatic rings. The molecule has 1 atom stereocenters. The Bertz CT molecular complexity index is 282. The minimum Gasteiger partial charge on any atom is -0.302 e. The summed E-state index contributed by atoms with van der Waals surface area (Å²) < 4.78 is 0. The lowest BCUT2D eigenvalue weighted by Gasteiger charge is -2.01. The molecule has 0 fully saturated rings. The van der Waals surface area contributed by atoms with Crippen LogP contribution in [-0.2, 0) is 4.79 Å². The Hall–Kier alpha value is -0.420. The fourth-order valence-electron chi connectivity index (χ4n) is 0.676. The molecule has 1 heterocycles. The van der Waals surface area contributed by atoms with E-state index in [9.17, 15) is 4.79 Å². The van der Waals surface area contributed by atoms with E-state index in [0.717, 1.165) is 6.29 Å². The molecule has 0 aliphatic heterocycles. The molecule has 0 N–H and O–H groups in total. The minimum atomic E-state index is -0.327. The molecular formula is C7H7BrN2OS. The van der Waals surface area contributed by atoms with E-state index >= 15 is 0 Å². The van der Waals surface area contributed by atoms with Gasteiger partial charge >= 0.3 is 0 Å². The van der Waals surface area contributed by atoms with Crippen molar-refractivity contribution in [2.24, 2.45) is 0 Å². The summed E-state index contributed by atoms with van der Waals surface area (Å²) in [6.45, 7) is 0. The lowest BCUT2D eigenvalue weighted by atomic mass is 10.3. The van der Waals surface area contributed by atoms with Crippen LogP contribution in [0, 0.1) is 0 Å². The maximum atomic E-state index is 10.4. The Morgan fingerprint density at radius 1 is 1.75 bits per heavy atom. The summed E-state index contributed by atoms with van der Waals surface area (Å²) in [4.78, 5) is 18.2. The fraction of sp³-hybridized carbons (Fsp3) is 0.286. The van der Waals surface area contributed by atoms with Crippen LogP contribution in [0.25, 0.3) is 0 Å². The Labute approximate surface area is 83.1 Å². The largest absolute Gasteiger partial charge is 0.302 e. The number of carbonyl (C=O) groups excluding carboxylic acids is 1. The van der Waals surface area contributed by atoms with E-state index in [1.54, 1.807) is 12.3 Å². The SMILES string of the molecule is CSc1nccc(C(Br)C=O)n1.